The quantitative estimate of drug-likeness (QED) is 0.257. The van der Waals surface area contributed by atoms with E-state index in [1.54, 1.807) is 0 Å². The van der Waals surface area contributed by atoms with Gasteiger partial charge < -0.3 is 0 Å². The summed E-state index contributed by atoms with van der Waals surface area (Å²) in [4.78, 5) is 0. The molecule has 0 fully saturated rings. The van der Waals surface area contributed by atoms with Gasteiger partial charge in [0, 0.05) is 0 Å². The summed E-state index contributed by atoms with van der Waals surface area (Å²) in [6.45, 7) is 0. The first-order valence-electron chi connectivity index (χ1n) is 11.0. The Morgan fingerprint density at radius 2 is 0.812 bits per heavy atom. The van der Waals surface area contributed by atoms with Crippen LogP contribution >= 0.6 is 0 Å². The van der Waals surface area contributed by atoms with Gasteiger partial charge in [-0.05, 0) is 61.0 Å². The molecule has 32 heavy (non-hydrogen) atoms. The van der Waals surface area contributed by atoms with Crippen LogP contribution in [0.3, 0.4) is 0 Å². The van der Waals surface area contributed by atoms with Crippen LogP contribution in [0.15, 0.2) is 133 Å². The van der Waals surface area contributed by atoms with Crippen molar-refractivity contribution < 1.29 is 0 Å². The topological polar surface area (TPSA) is 0 Å². The van der Waals surface area contributed by atoms with Crippen molar-refractivity contribution in [3.63, 3.8) is 0 Å². The summed E-state index contributed by atoms with van der Waals surface area (Å²) in [7, 11) is 0. The Hall–Kier alpha value is -4.16. The van der Waals surface area contributed by atoms with Crippen LogP contribution in [0, 0.1) is 0 Å². The maximum Gasteiger partial charge on any atom is -0.0105 e. The van der Waals surface area contributed by atoms with E-state index in [2.05, 4.69) is 133 Å². The number of hydrogen-bond donors (Lipinski definition) is 0. The lowest BCUT2D eigenvalue weighted by atomic mass is 9.91. The van der Waals surface area contributed by atoms with Gasteiger partial charge in [-0.25, -0.2) is 0 Å². The van der Waals surface area contributed by atoms with Crippen molar-refractivity contribution in [2.45, 2.75) is 0 Å². The Kier molecular flexibility index (Phi) is 4.55. The molecule has 0 nitrogen and oxygen atoms in total. The van der Waals surface area contributed by atoms with Crippen LogP contribution in [0.5, 0.6) is 0 Å². The van der Waals surface area contributed by atoms with Crippen LogP contribution in [0.4, 0.5) is 0 Å². The summed E-state index contributed by atoms with van der Waals surface area (Å²) in [6, 6.07) is 48.0. The number of fused-ring (bicyclic) bond motifs is 3. The fraction of sp³-hybridized carbons (Fsp3) is 0. The van der Waals surface area contributed by atoms with E-state index in [9.17, 15) is 0 Å². The fourth-order valence-electron chi connectivity index (χ4n) is 4.64. The van der Waals surface area contributed by atoms with E-state index in [1.165, 1.54) is 54.9 Å². The average molecular weight is 407 g/mol. The molecule has 0 bridgehead atoms. The monoisotopic (exact) mass is 406 g/mol. The zero-order valence-electron chi connectivity index (χ0n) is 17.7. The molecule has 0 saturated carbocycles. The largest absolute Gasteiger partial charge is 0.0622 e. The molecule has 0 aliphatic rings. The SMILES string of the molecule is c1ccc(-c2ccc(-c3ccccc3-c3ccc4c(ccc5ccccc54)c3)cc2)cc1. The summed E-state index contributed by atoms with van der Waals surface area (Å²) >= 11 is 0. The molecule has 150 valence electrons. The van der Waals surface area contributed by atoms with E-state index in [-0.39, 0.29) is 0 Å². The first-order valence-corrected chi connectivity index (χ1v) is 11.0. The molecule has 0 radical (unpaired) electrons. The minimum Gasteiger partial charge on any atom is -0.0622 e. The van der Waals surface area contributed by atoms with E-state index in [0.29, 0.717) is 0 Å². The smallest absolute Gasteiger partial charge is 0.0105 e. The van der Waals surface area contributed by atoms with Gasteiger partial charge in [-0.3, -0.25) is 0 Å². The van der Waals surface area contributed by atoms with Gasteiger partial charge in [-0.2, -0.15) is 0 Å². The van der Waals surface area contributed by atoms with Crippen molar-refractivity contribution in [1.82, 2.24) is 0 Å². The maximum atomic E-state index is 2.32. The van der Waals surface area contributed by atoms with E-state index in [0.717, 1.165) is 0 Å². The zero-order chi connectivity index (χ0) is 21.3. The minimum atomic E-state index is 1.24. The highest BCUT2D eigenvalue weighted by atomic mass is 14.1. The lowest BCUT2D eigenvalue weighted by Crippen LogP contribution is -1.86. The van der Waals surface area contributed by atoms with Gasteiger partial charge in [0.1, 0.15) is 0 Å². The van der Waals surface area contributed by atoms with Crippen molar-refractivity contribution in [2.24, 2.45) is 0 Å². The number of benzene rings is 6. The van der Waals surface area contributed by atoms with Crippen LogP contribution in [0.25, 0.3) is 54.9 Å². The van der Waals surface area contributed by atoms with Gasteiger partial charge in [-0.1, -0.05) is 127 Å². The summed E-state index contributed by atoms with van der Waals surface area (Å²) in [5, 5.41) is 5.17. The highest BCUT2D eigenvalue weighted by Gasteiger charge is 2.09. The second-order valence-corrected chi connectivity index (χ2v) is 8.21. The van der Waals surface area contributed by atoms with Gasteiger partial charge in [0.05, 0.1) is 0 Å². The molecule has 0 aliphatic heterocycles. The summed E-state index contributed by atoms with van der Waals surface area (Å²) < 4.78 is 0. The zero-order valence-corrected chi connectivity index (χ0v) is 17.7. The van der Waals surface area contributed by atoms with Crippen LogP contribution < -0.4 is 0 Å². The van der Waals surface area contributed by atoms with Crippen molar-refractivity contribution in [3.8, 4) is 33.4 Å². The predicted molar refractivity (Wildman–Crippen MR) is 138 cm³/mol. The molecule has 6 aromatic carbocycles. The second kappa shape index (κ2) is 7.83. The predicted octanol–water partition coefficient (Wildman–Crippen LogP) is 8.99. The van der Waals surface area contributed by atoms with Crippen LogP contribution in [-0.4, -0.2) is 0 Å². The van der Waals surface area contributed by atoms with Crippen LogP contribution in [-0.2, 0) is 0 Å². The lowest BCUT2D eigenvalue weighted by Gasteiger charge is -2.12. The van der Waals surface area contributed by atoms with Gasteiger partial charge >= 0.3 is 0 Å². The van der Waals surface area contributed by atoms with Crippen molar-refractivity contribution in [1.29, 1.82) is 0 Å². The molecule has 0 aromatic heterocycles. The van der Waals surface area contributed by atoms with Crippen LogP contribution in [0.1, 0.15) is 0 Å². The van der Waals surface area contributed by atoms with Gasteiger partial charge in [0.25, 0.3) is 0 Å². The summed E-state index contributed by atoms with van der Waals surface area (Å²) in [6.07, 6.45) is 0. The molecule has 6 rings (SSSR count). The molecular formula is C32H22. The molecule has 0 aliphatic carbocycles. The van der Waals surface area contributed by atoms with Gasteiger partial charge in [0.15, 0.2) is 0 Å². The van der Waals surface area contributed by atoms with E-state index >= 15 is 0 Å². The second-order valence-electron chi connectivity index (χ2n) is 8.21. The van der Waals surface area contributed by atoms with Crippen molar-refractivity contribution >= 4 is 21.5 Å². The van der Waals surface area contributed by atoms with E-state index in [4.69, 9.17) is 0 Å². The first kappa shape index (κ1) is 18.6. The van der Waals surface area contributed by atoms with Gasteiger partial charge in [-0.15, -0.1) is 0 Å². The molecule has 0 heteroatoms. The average Bonchev–Trinajstić information content (AvgIpc) is 2.89. The highest BCUT2D eigenvalue weighted by molar-refractivity contribution is 6.08. The molecule has 0 atom stereocenters. The molecule has 0 unspecified atom stereocenters. The molecule has 0 amide bonds. The lowest BCUT2D eigenvalue weighted by molar-refractivity contribution is 1.58. The minimum absolute atomic E-state index is 1.24. The molecular weight excluding hydrogens is 384 g/mol. The van der Waals surface area contributed by atoms with Crippen molar-refractivity contribution in [3.05, 3.63) is 133 Å². The third-order valence-corrected chi connectivity index (χ3v) is 6.29. The highest BCUT2D eigenvalue weighted by Crippen LogP contribution is 2.35. The molecule has 0 heterocycles. The number of hydrogen-bond acceptors (Lipinski definition) is 0. The number of rotatable bonds is 3. The van der Waals surface area contributed by atoms with E-state index in [1.807, 2.05) is 0 Å². The van der Waals surface area contributed by atoms with E-state index < -0.39 is 0 Å². The third kappa shape index (κ3) is 3.27. The first-order chi connectivity index (χ1) is 15.9. The Bertz CT molecular complexity index is 1540. The molecule has 6 aromatic rings. The normalized spacial score (nSPS) is 11.1. The molecule has 0 saturated heterocycles. The molecule has 0 spiro atoms. The maximum absolute atomic E-state index is 2.32. The Labute approximate surface area is 188 Å². The van der Waals surface area contributed by atoms with Crippen molar-refractivity contribution in [2.75, 3.05) is 0 Å². The van der Waals surface area contributed by atoms with Gasteiger partial charge in [0.2, 0.25) is 0 Å². The Morgan fingerprint density at radius 1 is 0.281 bits per heavy atom. The van der Waals surface area contributed by atoms with Crippen LogP contribution in [0.2, 0.25) is 0 Å². The summed E-state index contributed by atoms with van der Waals surface area (Å²) in [5.74, 6) is 0. The Morgan fingerprint density at radius 3 is 1.62 bits per heavy atom. The third-order valence-electron chi connectivity index (χ3n) is 6.29. The molecule has 0 N–H and O–H groups in total. The fourth-order valence-corrected chi connectivity index (χ4v) is 4.64. The Balaban J connectivity index is 1.44. The summed E-state index contributed by atoms with van der Waals surface area (Å²) in [5.41, 5.74) is 7.48. The standard InChI is InChI=1S/C32H22/c1-2-8-23(9-3-1)24-14-16-26(17-15-24)30-12-6-7-13-31(30)28-20-21-32-27(22-28)19-18-25-10-4-5-11-29(25)32/h1-22H.